The second kappa shape index (κ2) is 7.03. The largest absolute Gasteiger partial charge is 0.392 e. The second-order valence-corrected chi connectivity index (χ2v) is 4.87. The van der Waals surface area contributed by atoms with Crippen molar-refractivity contribution in [1.82, 2.24) is 15.5 Å². The van der Waals surface area contributed by atoms with E-state index in [1.54, 1.807) is 6.07 Å². The molecule has 6 nitrogen and oxygen atoms in total. The van der Waals surface area contributed by atoms with Crippen molar-refractivity contribution in [3.63, 3.8) is 0 Å². The van der Waals surface area contributed by atoms with Gasteiger partial charge in [0.1, 0.15) is 12.4 Å². The number of aliphatic hydroxyl groups excluding tert-OH is 1. The standard InChI is InChI=1S/C14H18FN3O3/c15-12-6-10(2-3-11(12)9-19)7-17-13(20)8-18-5-1-4-16-14(18)21/h2-3,6,19H,1,4-5,7-9H2,(H,16,21)(H,17,20). The number of nitrogens with zero attached hydrogens (tertiary/aromatic N) is 1. The summed E-state index contributed by atoms with van der Waals surface area (Å²) >= 11 is 0. The molecule has 0 unspecified atom stereocenters. The quantitative estimate of drug-likeness (QED) is 0.733. The van der Waals surface area contributed by atoms with Crippen LogP contribution in [-0.2, 0) is 17.9 Å². The molecular formula is C14H18FN3O3. The van der Waals surface area contributed by atoms with Gasteiger partial charge in [-0.2, -0.15) is 0 Å². The lowest BCUT2D eigenvalue weighted by Gasteiger charge is -2.26. The Balaban J connectivity index is 1.83. The van der Waals surface area contributed by atoms with E-state index in [4.69, 9.17) is 5.11 Å². The molecule has 3 amide bonds. The van der Waals surface area contributed by atoms with Gasteiger partial charge >= 0.3 is 6.03 Å². The zero-order valence-electron chi connectivity index (χ0n) is 11.6. The van der Waals surface area contributed by atoms with Gasteiger partial charge in [-0.1, -0.05) is 12.1 Å². The monoisotopic (exact) mass is 295 g/mol. The second-order valence-electron chi connectivity index (χ2n) is 4.87. The number of halogens is 1. The molecule has 1 aliphatic heterocycles. The van der Waals surface area contributed by atoms with Crippen molar-refractivity contribution in [2.45, 2.75) is 19.6 Å². The molecule has 1 aliphatic rings. The smallest absolute Gasteiger partial charge is 0.317 e. The van der Waals surface area contributed by atoms with Crippen molar-refractivity contribution in [1.29, 1.82) is 0 Å². The van der Waals surface area contributed by atoms with Crippen molar-refractivity contribution in [3.05, 3.63) is 35.1 Å². The van der Waals surface area contributed by atoms with E-state index in [1.807, 2.05) is 0 Å². The number of carbonyl (C=O) groups is 2. The molecule has 0 radical (unpaired) electrons. The van der Waals surface area contributed by atoms with Crippen molar-refractivity contribution in [2.75, 3.05) is 19.6 Å². The van der Waals surface area contributed by atoms with Crippen LogP contribution in [0.15, 0.2) is 18.2 Å². The minimum Gasteiger partial charge on any atom is -0.392 e. The van der Waals surface area contributed by atoms with Gasteiger partial charge in [0, 0.05) is 25.2 Å². The molecule has 1 aromatic carbocycles. The first-order chi connectivity index (χ1) is 10.1. The molecule has 1 saturated heterocycles. The SMILES string of the molecule is O=C(CN1CCCNC1=O)NCc1ccc(CO)c(F)c1. The summed E-state index contributed by atoms with van der Waals surface area (Å²) in [6, 6.07) is 4.16. The molecule has 0 aliphatic carbocycles. The highest BCUT2D eigenvalue weighted by atomic mass is 19.1. The third-order valence-corrected chi connectivity index (χ3v) is 3.28. The number of carbonyl (C=O) groups excluding carboxylic acids is 2. The lowest BCUT2D eigenvalue weighted by Crippen LogP contribution is -2.50. The maximum atomic E-state index is 13.5. The molecule has 0 bridgehead atoms. The van der Waals surface area contributed by atoms with Crippen LogP contribution in [0.1, 0.15) is 17.5 Å². The van der Waals surface area contributed by atoms with Gasteiger partial charge in [-0.15, -0.1) is 0 Å². The van der Waals surface area contributed by atoms with E-state index in [0.29, 0.717) is 18.7 Å². The molecule has 114 valence electrons. The number of urea groups is 1. The van der Waals surface area contributed by atoms with Crippen LogP contribution in [0.25, 0.3) is 0 Å². The zero-order chi connectivity index (χ0) is 15.2. The normalized spacial score (nSPS) is 14.8. The fourth-order valence-corrected chi connectivity index (χ4v) is 2.09. The van der Waals surface area contributed by atoms with E-state index >= 15 is 0 Å². The molecule has 7 heteroatoms. The molecule has 21 heavy (non-hydrogen) atoms. The lowest BCUT2D eigenvalue weighted by molar-refractivity contribution is -0.121. The Morgan fingerprint density at radius 2 is 2.29 bits per heavy atom. The number of rotatable bonds is 5. The summed E-state index contributed by atoms with van der Waals surface area (Å²) in [4.78, 5) is 24.7. The highest BCUT2D eigenvalue weighted by Crippen LogP contribution is 2.10. The van der Waals surface area contributed by atoms with Gasteiger partial charge in [0.15, 0.2) is 0 Å². The molecule has 1 heterocycles. The average Bonchev–Trinajstić information content (AvgIpc) is 2.48. The Hall–Kier alpha value is -2.15. The van der Waals surface area contributed by atoms with Crippen LogP contribution in [0.2, 0.25) is 0 Å². The molecule has 0 atom stereocenters. The fourth-order valence-electron chi connectivity index (χ4n) is 2.09. The van der Waals surface area contributed by atoms with E-state index in [9.17, 15) is 14.0 Å². The predicted octanol–water partition coefficient (Wildman–Crippen LogP) is 0.350. The van der Waals surface area contributed by atoms with Crippen molar-refractivity contribution >= 4 is 11.9 Å². The third kappa shape index (κ3) is 4.16. The molecule has 2 rings (SSSR count). The summed E-state index contributed by atoms with van der Waals surface area (Å²) < 4.78 is 13.5. The number of amides is 3. The summed E-state index contributed by atoms with van der Waals surface area (Å²) in [5, 5.41) is 14.2. The maximum Gasteiger partial charge on any atom is 0.317 e. The lowest BCUT2D eigenvalue weighted by atomic mass is 10.1. The molecule has 0 saturated carbocycles. The van der Waals surface area contributed by atoms with Crippen molar-refractivity contribution < 1.29 is 19.1 Å². The van der Waals surface area contributed by atoms with E-state index < -0.39 is 5.82 Å². The summed E-state index contributed by atoms with van der Waals surface area (Å²) in [7, 11) is 0. The van der Waals surface area contributed by atoms with Gasteiger partial charge in [-0.25, -0.2) is 9.18 Å². The minimum atomic E-state index is -0.500. The minimum absolute atomic E-state index is 0.0109. The Kier molecular flexibility index (Phi) is 5.10. The number of hydrogen-bond donors (Lipinski definition) is 3. The molecule has 1 fully saturated rings. The Morgan fingerprint density at radius 3 is 2.95 bits per heavy atom. The first-order valence-corrected chi connectivity index (χ1v) is 6.78. The molecule has 3 N–H and O–H groups in total. The van der Waals surface area contributed by atoms with Gasteiger partial charge in [-0.05, 0) is 18.1 Å². The Bertz CT molecular complexity index is 536. The number of aliphatic hydroxyl groups is 1. The number of benzene rings is 1. The number of hydrogen-bond acceptors (Lipinski definition) is 3. The summed E-state index contributed by atoms with van der Waals surface area (Å²) in [6.45, 7) is 0.995. The van der Waals surface area contributed by atoms with Crippen LogP contribution >= 0.6 is 0 Å². The highest BCUT2D eigenvalue weighted by Gasteiger charge is 2.19. The van der Waals surface area contributed by atoms with Crippen LogP contribution in [-0.4, -0.2) is 41.6 Å². The van der Waals surface area contributed by atoms with E-state index in [1.165, 1.54) is 17.0 Å². The summed E-state index contributed by atoms with van der Waals surface area (Å²) in [6.07, 6.45) is 0.812. The van der Waals surface area contributed by atoms with E-state index in [2.05, 4.69) is 10.6 Å². The Morgan fingerprint density at radius 1 is 1.48 bits per heavy atom. The van der Waals surface area contributed by atoms with Crippen LogP contribution in [0.5, 0.6) is 0 Å². The van der Waals surface area contributed by atoms with Gasteiger partial charge in [-0.3, -0.25) is 4.79 Å². The maximum absolute atomic E-state index is 13.5. The van der Waals surface area contributed by atoms with Crippen LogP contribution in [0.3, 0.4) is 0 Å². The first-order valence-electron chi connectivity index (χ1n) is 6.78. The number of nitrogens with one attached hydrogen (secondary N) is 2. The topological polar surface area (TPSA) is 81.7 Å². The van der Waals surface area contributed by atoms with Gasteiger partial charge in [0.05, 0.1) is 6.61 Å². The highest BCUT2D eigenvalue weighted by molar-refractivity contribution is 5.84. The van der Waals surface area contributed by atoms with Crippen LogP contribution in [0, 0.1) is 5.82 Å². The molecule has 0 spiro atoms. The average molecular weight is 295 g/mol. The van der Waals surface area contributed by atoms with Crippen LogP contribution in [0.4, 0.5) is 9.18 Å². The molecular weight excluding hydrogens is 277 g/mol. The van der Waals surface area contributed by atoms with Crippen molar-refractivity contribution in [2.24, 2.45) is 0 Å². The van der Waals surface area contributed by atoms with Gasteiger partial charge in [0.2, 0.25) is 5.91 Å². The first kappa shape index (κ1) is 15.2. The third-order valence-electron chi connectivity index (χ3n) is 3.28. The van der Waals surface area contributed by atoms with Gasteiger partial charge < -0.3 is 20.6 Å². The predicted molar refractivity (Wildman–Crippen MR) is 73.8 cm³/mol. The summed E-state index contributed by atoms with van der Waals surface area (Å²) in [5.74, 6) is -0.793. The van der Waals surface area contributed by atoms with Crippen LogP contribution < -0.4 is 10.6 Å². The fraction of sp³-hybridized carbons (Fsp3) is 0.429. The molecule has 0 aromatic heterocycles. The van der Waals surface area contributed by atoms with Crippen molar-refractivity contribution in [3.8, 4) is 0 Å². The molecule has 1 aromatic rings. The van der Waals surface area contributed by atoms with E-state index in [0.717, 1.165) is 6.42 Å². The van der Waals surface area contributed by atoms with E-state index in [-0.39, 0.29) is 37.2 Å². The van der Waals surface area contributed by atoms with Gasteiger partial charge in [0.25, 0.3) is 0 Å². The zero-order valence-corrected chi connectivity index (χ0v) is 11.6. The Labute approximate surface area is 121 Å². The summed E-state index contributed by atoms with van der Waals surface area (Å²) in [5.41, 5.74) is 0.816.